The summed E-state index contributed by atoms with van der Waals surface area (Å²) >= 11 is 0. The minimum Gasteiger partial charge on any atom is -0.508 e. The van der Waals surface area contributed by atoms with Gasteiger partial charge in [-0.2, -0.15) is 0 Å². The fourth-order valence-electron chi connectivity index (χ4n) is 3.43. The van der Waals surface area contributed by atoms with E-state index in [1.807, 2.05) is 48.5 Å². The monoisotopic (exact) mass is 353 g/mol. The smallest absolute Gasteiger partial charge is 0.182 e. The van der Waals surface area contributed by atoms with Crippen LogP contribution >= 0.6 is 0 Å². The molecule has 0 amide bonds. The lowest BCUT2D eigenvalue weighted by Gasteiger charge is -2.09. The van der Waals surface area contributed by atoms with Gasteiger partial charge in [-0.05, 0) is 35.9 Å². The summed E-state index contributed by atoms with van der Waals surface area (Å²) in [5, 5.41) is 10.7. The first kappa shape index (κ1) is 15.5. The zero-order chi connectivity index (χ0) is 18.4. The van der Waals surface area contributed by atoms with E-state index >= 15 is 0 Å². The minimum absolute atomic E-state index is 0.0870. The van der Waals surface area contributed by atoms with Crippen LogP contribution in [-0.2, 0) is 0 Å². The van der Waals surface area contributed by atoms with Gasteiger partial charge in [0.1, 0.15) is 11.3 Å². The number of aromatic amines is 1. The number of hydrogen-bond acceptors (Lipinski definition) is 3. The maximum atomic E-state index is 11.7. The lowest BCUT2D eigenvalue weighted by Crippen LogP contribution is -1.92. The van der Waals surface area contributed by atoms with Crippen LogP contribution in [0.5, 0.6) is 5.75 Å². The Morgan fingerprint density at radius 2 is 1.63 bits per heavy atom. The molecule has 27 heavy (non-hydrogen) atoms. The molecule has 0 aliphatic carbocycles. The summed E-state index contributed by atoms with van der Waals surface area (Å²) in [4.78, 5) is 15.2. The van der Waals surface area contributed by atoms with Gasteiger partial charge in [-0.1, -0.05) is 42.5 Å². The van der Waals surface area contributed by atoms with Gasteiger partial charge in [0, 0.05) is 28.3 Å². The number of fused-ring (bicyclic) bond motifs is 3. The number of phenolic OH excluding ortho intramolecular Hbond substituents is 1. The van der Waals surface area contributed by atoms with E-state index in [1.165, 1.54) is 12.1 Å². The molecule has 2 heterocycles. The van der Waals surface area contributed by atoms with E-state index in [1.54, 1.807) is 18.2 Å². The Kier molecular flexibility index (Phi) is 3.37. The van der Waals surface area contributed by atoms with Crippen molar-refractivity contribution in [2.24, 2.45) is 0 Å². The first-order valence-electron chi connectivity index (χ1n) is 8.63. The molecule has 3 aromatic carbocycles. The minimum atomic E-state index is -0.0870. The average molecular weight is 353 g/mol. The molecule has 0 aliphatic heterocycles. The Labute approximate surface area is 154 Å². The predicted octanol–water partition coefficient (Wildman–Crippen LogP) is 5.31. The van der Waals surface area contributed by atoms with E-state index in [2.05, 4.69) is 4.98 Å². The molecule has 4 nitrogen and oxygen atoms in total. The molecule has 5 rings (SSSR count). The molecule has 0 fully saturated rings. The third-order valence-corrected chi connectivity index (χ3v) is 4.70. The number of rotatable bonds is 2. The summed E-state index contributed by atoms with van der Waals surface area (Å²) < 4.78 is 6.05. The van der Waals surface area contributed by atoms with Crippen molar-refractivity contribution >= 4 is 22.1 Å². The van der Waals surface area contributed by atoms with Gasteiger partial charge in [-0.25, -0.2) is 0 Å². The van der Waals surface area contributed by atoms with Crippen molar-refractivity contribution in [1.82, 2.24) is 4.98 Å². The lowest BCUT2D eigenvalue weighted by molar-refractivity contribution is 0.475. The van der Waals surface area contributed by atoms with E-state index in [0.29, 0.717) is 11.2 Å². The number of aromatic nitrogens is 1. The molecule has 4 heteroatoms. The molecule has 2 aromatic heterocycles. The summed E-state index contributed by atoms with van der Waals surface area (Å²) in [6.07, 6.45) is 0. The van der Waals surface area contributed by atoms with E-state index in [9.17, 15) is 9.90 Å². The number of pyridine rings is 1. The van der Waals surface area contributed by atoms with Gasteiger partial charge in [0.15, 0.2) is 11.0 Å². The molecular weight excluding hydrogens is 338 g/mol. The van der Waals surface area contributed by atoms with E-state index in [4.69, 9.17) is 4.42 Å². The normalized spacial score (nSPS) is 11.3. The van der Waals surface area contributed by atoms with Gasteiger partial charge >= 0.3 is 0 Å². The second-order valence-electron chi connectivity index (χ2n) is 6.48. The molecule has 0 spiro atoms. The van der Waals surface area contributed by atoms with E-state index in [0.717, 1.165) is 33.3 Å². The Morgan fingerprint density at radius 1 is 0.815 bits per heavy atom. The van der Waals surface area contributed by atoms with Crippen molar-refractivity contribution in [3.05, 3.63) is 89.1 Å². The van der Waals surface area contributed by atoms with Crippen molar-refractivity contribution in [3.8, 4) is 28.1 Å². The number of benzene rings is 3. The van der Waals surface area contributed by atoms with Crippen LogP contribution in [0.15, 0.2) is 88.1 Å². The van der Waals surface area contributed by atoms with Crippen LogP contribution in [0.1, 0.15) is 0 Å². The molecule has 5 aromatic rings. The highest BCUT2D eigenvalue weighted by atomic mass is 16.3. The number of H-pyrrole nitrogens is 1. The number of nitrogens with one attached hydrogen (secondary N) is 1. The molecule has 0 unspecified atom stereocenters. The van der Waals surface area contributed by atoms with Gasteiger partial charge in [-0.15, -0.1) is 0 Å². The first-order chi connectivity index (χ1) is 13.2. The average Bonchev–Trinajstić information content (AvgIpc) is 3.05. The zero-order valence-electron chi connectivity index (χ0n) is 14.3. The first-order valence-corrected chi connectivity index (χ1v) is 8.63. The topological polar surface area (TPSA) is 66.2 Å². The molecule has 130 valence electrons. The van der Waals surface area contributed by atoms with Crippen molar-refractivity contribution in [2.75, 3.05) is 0 Å². The van der Waals surface area contributed by atoms with Crippen molar-refractivity contribution < 1.29 is 9.52 Å². The van der Waals surface area contributed by atoms with Crippen molar-refractivity contribution in [3.63, 3.8) is 0 Å². The number of furan rings is 1. The highest BCUT2D eigenvalue weighted by Crippen LogP contribution is 2.37. The number of hydrogen-bond donors (Lipinski definition) is 2. The van der Waals surface area contributed by atoms with Gasteiger partial charge in [-0.3, -0.25) is 4.79 Å². The Morgan fingerprint density at radius 3 is 2.44 bits per heavy atom. The summed E-state index contributed by atoms with van der Waals surface area (Å²) in [6.45, 7) is 0. The third-order valence-electron chi connectivity index (χ3n) is 4.70. The van der Waals surface area contributed by atoms with Gasteiger partial charge < -0.3 is 14.5 Å². The molecule has 0 saturated heterocycles. The highest BCUT2D eigenvalue weighted by molar-refractivity contribution is 6.08. The van der Waals surface area contributed by atoms with Crippen LogP contribution < -0.4 is 5.43 Å². The lowest BCUT2D eigenvalue weighted by atomic mass is 10.0. The molecule has 0 atom stereocenters. The molecule has 0 bridgehead atoms. The second-order valence-corrected chi connectivity index (χ2v) is 6.48. The molecule has 0 saturated carbocycles. The van der Waals surface area contributed by atoms with Crippen LogP contribution in [-0.4, -0.2) is 10.1 Å². The number of phenols is 1. The van der Waals surface area contributed by atoms with Gasteiger partial charge in [0.2, 0.25) is 0 Å². The van der Waals surface area contributed by atoms with E-state index < -0.39 is 0 Å². The fraction of sp³-hybridized carbons (Fsp3) is 0. The predicted molar refractivity (Wildman–Crippen MR) is 107 cm³/mol. The van der Waals surface area contributed by atoms with E-state index in [-0.39, 0.29) is 11.2 Å². The summed E-state index contributed by atoms with van der Waals surface area (Å²) in [6, 6.07) is 23.9. The van der Waals surface area contributed by atoms with Crippen LogP contribution in [0, 0.1) is 0 Å². The van der Waals surface area contributed by atoms with Crippen LogP contribution in [0.4, 0.5) is 0 Å². The molecule has 2 N–H and O–H groups in total. The maximum absolute atomic E-state index is 11.7. The largest absolute Gasteiger partial charge is 0.508 e. The summed E-state index contributed by atoms with van der Waals surface area (Å²) in [5.41, 5.74) is 5.64. The standard InChI is InChI=1S/C23H15NO3/c25-16-8-4-7-15(11-16)20-13-19(14-5-2-1-3-6-14)23-22(24-20)18-10-9-17(26)12-21(18)27-23/h1-13,24-25H. The third kappa shape index (κ3) is 2.59. The van der Waals surface area contributed by atoms with Crippen molar-refractivity contribution in [1.29, 1.82) is 0 Å². The fourth-order valence-corrected chi connectivity index (χ4v) is 3.43. The Bertz CT molecular complexity index is 1350. The Balaban J connectivity index is 1.90. The van der Waals surface area contributed by atoms with Crippen LogP contribution in [0.2, 0.25) is 0 Å². The summed E-state index contributed by atoms with van der Waals surface area (Å²) in [5.74, 6) is 0.204. The Hall–Kier alpha value is -3.79. The second kappa shape index (κ2) is 5.88. The van der Waals surface area contributed by atoms with Crippen LogP contribution in [0.25, 0.3) is 44.5 Å². The maximum Gasteiger partial charge on any atom is 0.182 e. The highest BCUT2D eigenvalue weighted by Gasteiger charge is 2.15. The van der Waals surface area contributed by atoms with Gasteiger partial charge in [0.25, 0.3) is 0 Å². The quantitative estimate of drug-likeness (QED) is 0.452. The number of aromatic hydroxyl groups is 1. The van der Waals surface area contributed by atoms with Gasteiger partial charge in [0.05, 0.1) is 5.52 Å². The summed E-state index contributed by atoms with van der Waals surface area (Å²) in [7, 11) is 0. The zero-order valence-corrected chi connectivity index (χ0v) is 14.3. The van der Waals surface area contributed by atoms with Crippen LogP contribution in [0.3, 0.4) is 0 Å². The molecule has 0 aliphatic rings. The molecule has 0 radical (unpaired) electrons. The van der Waals surface area contributed by atoms with Crippen molar-refractivity contribution in [2.45, 2.75) is 0 Å². The molecular formula is C23H15NO3. The SMILES string of the molecule is O=c1ccc2c(c1)oc1c(-c3ccccc3)cc(-c3cccc(O)c3)[nH]c12.